The van der Waals surface area contributed by atoms with Gasteiger partial charge in [-0.2, -0.15) is 0 Å². The van der Waals surface area contributed by atoms with Gasteiger partial charge in [-0.1, -0.05) is 74.7 Å². The summed E-state index contributed by atoms with van der Waals surface area (Å²) in [7, 11) is 0. The van der Waals surface area contributed by atoms with Crippen molar-refractivity contribution in [2.24, 2.45) is 5.92 Å². The van der Waals surface area contributed by atoms with E-state index in [1.807, 2.05) is 31.2 Å². The van der Waals surface area contributed by atoms with Crippen molar-refractivity contribution in [1.29, 1.82) is 0 Å². The largest absolute Gasteiger partial charge is 0.480 e. The molecule has 2 aliphatic carbocycles. The van der Waals surface area contributed by atoms with E-state index in [9.17, 15) is 19.5 Å². The maximum Gasteiger partial charge on any atom is 0.407 e. The SMILES string of the molecule is CCC[C@H](NC(=O)CC1CCCCC1NC(=O)OCC1c2ccccc2-c2ccccc21)C(=O)O. The Morgan fingerprint density at radius 1 is 1.00 bits per heavy atom. The molecule has 7 heteroatoms. The molecule has 0 spiro atoms. The molecule has 0 aromatic heterocycles. The predicted octanol–water partition coefficient (Wildman–Crippen LogP) is 4.84. The monoisotopic (exact) mass is 478 g/mol. The first-order valence-corrected chi connectivity index (χ1v) is 12.6. The minimum atomic E-state index is -1.02. The van der Waals surface area contributed by atoms with E-state index in [1.165, 1.54) is 11.1 Å². The summed E-state index contributed by atoms with van der Waals surface area (Å²) in [5.41, 5.74) is 4.68. The minimum Gasteiger partial charge on any atom is -0.480 e. The van der Waals surface area contributed by atoms with Crippen LogP contribution >= 0.6 is 0 Å². The van der Waals surface area contributed by atoms with E-state index >= 15 is 0 Å². The van der Waals surface area contributed by atoms with E-state index in [0.717, 1.165) is 36.8 Å². The van der Waals surface area contributed by atoms with Gasteiger partial charge < -0.3 is 20.5 Å². The quantitative estimate of drug-likeness (QED) is 0.478. The Bertz CT molecular complexity index is 1020. The van der Waals surface area contributed by atoms with Crippen molar-refractivity contribution in [2.75, 3.05) is 6.61 Å². The fraction of sp³-hybridized carbons (Fsp3) is 0.464. The first kappa shape index (κ1) is 24.8. The molecule has 0 aliphatic heterocycles. The number of hydrogen-bond acceptors (Lipinski definition) is 4. The topological polar surface area (TPSA) is 105 Å². The molecule has 0 heterocycles. The van der Waals surface area contributed by atoms with Gasteiger partial charge in [0.05, 0.1) is 0 Å². The lowest BCUT2D eigenvalue weighted by Crippen LogP contribution is -2.46. The van der Waals surface area contributed by atoms with Crippen molar-refractivity contribution < 1.29 is 24.2 Å². The maximum atomic E-state index is 12.8. The molecule has 0 saturated heterocycles. The van der Waals surface area contributed by atoms with Crippen molar-refractivity contribution in [3.63, 3.8) is 0 Å². The van der Waals surface area contributed by atoms with Gasteiger partial charge in [-0.25, -0.2) is 9.59 Å². The van der Waals surface area contributed by atoms with Gasteiger partial charge in [-0.3, -0.25) is 4.79 Å². The van der Waals surface area contributed by atoms with Gasteiger partial charge in [0.1, 0.15) is 12.6 Å². The van der Waals surface area contributed by atoms with Crippen LogP contribution in [0.3, 0.4) is 0 Å². The van der Waals surface area contributed by atoms with Crippen LogP contribution in [0.15, 0.2) is 48.5 Å². The summed E-state index contributed by atoms with van der Waals surface area (Å²) in [6, 6.07) is 15.4. The highest BCUT2D eigenvalue weighted by Gasteiger charge is 2.32. The molecule has 1 saturated carbocycles. The highest BCUT2D eigenvalue weighted by Crippen LogP contribution is 2.44. The fourth-order valence-corrected chi connectivity index (χ4v) is 5.47. The number of carbonyl (C=O) groups excluding carboxylic acids is 2. The fourth-order valence-electron chi connectivity index (χ4n) is 5.47. The van der Waals surface area contributed by atoms with Crippen LogP contribution in [-0.2, 0) is 14.3 Å². The number of alkyl carbamates (subject to hydrolysis) is 1. The molecule has 1 fully saturated rings. The normalized spacial score (nSPS) is 19.8. The second kappa shape index (κ2) is 11.4. The second-order valence-corrected chi connectivity index (χ2v) is 9.57. The zero-order valence-electron chi connectivity index (χ0n) is 20.2. The lowest BCUT2D eigenvalue weighted by molar-refractivity contribution is -0.142. The molecule has 2 aliphatic rings. The van der Waals surface area contributed by atoms with Crippen molar-refractivity contribution in [3.05, 3.63) is 59.7 Å². The number of hydrogen-bond donors (Lipinski definition) is 3. The highest BCUT2D eigenvalue weighted by atomic mass is 16.5. The minimum absolute atomic E-state index is 0.00685. The van der Waals surface area contributed by atoms with E-state index in [0.29, 0.717) is 12.8 Å². The Morgan fingerprint density at radius 2 is 1.63 bits per heavy atom. The standard InChI is InChI=1S/C28H34N2O5/c1-2-9-25(27(32)33)29-26(31)16-18-10-3-8-15-24(18)30-28(34)35-17-23-21-13-6-4-11-19(21)20-12-5-7-14-22(20)23/h4-7,11-14,18,23-25H,2-3,8-10,15-17H2,1H3,(H,29,31)(H,30,34)(H,32,33)/t18?,24?,25-/m0/s1. The number of benzene rings is 2. The Hall–Kier alpha value is -3.35. The number of amides is 2. The Labute approximate surface area is 206 Å². The molecule has 7 nitrogen and oxygen atoms in total. The third kappa shape index (κ3) is 5.84. The molecule has 2 aromatic carbocycles. The third-order valence-corrected chi connectivity index (χ3v) is 7.21. The lowest BCUT2D eigenvalue weighted by atomic mass is 9.82. The number of carbonyl (C=O) groups is 3. The zero-order valence-corrected chi connectivity index (χ0v) is 20.2. The third-order valence-electron chi connectivity index (χ3n) is 7.21. The number of rotatable bonds is 9. The van der Waals surface area contributed by atoms with Gasteiger partial charge in [-0.15, -0.1) is 0 Å². The van der Waals surface area contributed by atoms with E-state index in [4.69, 9.17) is 4.74 Å². The van der Waals surface area contributed by atoms with Crippen molar-refractivity contribution in [1.82, 2.24) is 10.6 Å². The Balaban J connectivity index is 1.34. The molecule has 0 radical (unpaired) electrons. The average Bonchev–Trinajstić information content (AvgIpc) is 3.17. The molecule has 186 valence electrons. The molecule has 4 rings (SSSR count). The summed E-state index contributed by atoms with van der Waals surface area (Å²) in [6.45, 7) is 2.13. The van der Waals surface area contributed by atoms with Crippen LogP contribution in [0, 0.1) is 5.92 Å². The summed E-state index contributed by atoms with van der Waals surface area (Å²) >= 11 is 0. The van der Waals surface area contributed by atoms with Crippen LogP contribution < -0.4 is 10.6 Å². The number of ether oxygens (including phenoxy) is 1. The maximum absolute atomic E-state index is 12.8. The molecule has 2 unspecified atom stereocenters. The molecule has 35 heavy (non-hydrogen) atoms. The predicted molar refractivity (Wildman–Crippen MR) is 133 cm³/mol. The number of nitrogens with one attached hydrogen (secondary N) is 2. The molecular weight excluding hydrogens is 444 g/mol. The molecule has 2 aromatic rings. The highest BCUT2D eigenvalue weighted by molar-refractivity contribution is 5.83. The van der Waals surface area contributed by atoms with Crippen LogP contribution in [0.1, 0.15) is 68.9 Å². The van der Waals surface area contributed by atoms with Crippen LogP contribution in [0.2, 0.25) is 0 Å². The van der Waals surface area contributed by atoms with Crippen molar-refractivity contribution >= 4 is 18.0 Å². The summed E-state index contributed by atoms with van der Waals surface area (Å²) < 4.78 is 5.70. The number of fused-ring (bicyclic) bond motifs is 3. The van der Waals surface area contributed by atoms with Crippen molar-refractivity contribution in [2.45, 2.75) is 69.9 Å². The van der Waals surface area contributed by atoms with Gasteiger partial charge in [0.2, 0.25) is 5.91 Å². The van der Waals surface area contributed by atoms with Gasteiger partial charge in [0.25, 0.3) is 0 Å². The smallest absolute Gasteiger partial charge is 0.407 e. The first-order valence-electron chi connectivity index (χ1n) is 12.6. The molecule has 0 bridgehead atoms. The summed E-state index contributed by atoms with van der Waals surface area (Å²) in [5, 5.41) is 14.9. The van der Waals surface area contributed by atoms with Gasteiger partial charge in [0.15, 0.2) is 0 Å². The summed E-state index contributed by atoms with van der Waals surface area (Å²) in [5.74, 6) is -1.35. The van der Waals surface area contributed by atoms with Crippen LogP contribution in [-0.4, -0.2) is 41.8 Å². The van der Waals surface area contributed by atoms with Crippen molar-refractivity contribution in [3.8, 4) is 11.1 Å². The van der Waals surface area contributed by atoms with Crippen LogP contribution in [0.25, 0.3) is 11.1 Å². The van der Waals surface area contributed by atoms with Gasteiger partial charge >= 0.3 is 12.1 Å². The first-order chi connectivity index (χ1) is 17.0. The van der Waals surface area contributed by atoms with E-state index in [1.54, 1.807) is 0 Å². The van der Waals surface area contributed by atoms with Crippen LogP contribution in [0.4, 0.5) is 4.79 Å². The Morgan fingerprint density at radius 3 is 2.26 bits per heavy atom. The second-order valence-electron chi connectivity index (χ2n) is 9.57. The Kier molecular flexibility index (Phi) is 8.06. The zero-order chi connectivity index (χ0) is 24.8. The van der Waals surface area contributed by atoms with Gasteiger partial charge in [0, 0.05) is 18.4 Å². The molecule has 2 amide bonds. The molecule has 3 N–H and O–H groups in total. The average molecular weight is 479 g/mol. The summed E-state index contributed by atoms with van der Waals surface area (Å²) in [4.78, 5) is 36.7. The molecular formula is C28H34N2O5. The van der Waals surface area contributed by atoms with E-state index in [2.05, 4.69) is 34.9 Å². The number of carboxylic acids is 1. The summed E-state index contributed by atoms with van der Waals surface area (Å²) in [6.07, 6.45) is 4.34. The lowest BCUT2D eigenvalue weighted by Gasteiger charge is -2.32. The van der Waals surface area contributed by atoms with Gasteiger partial charge in [-0.05, 0) is 47.4 Å². The van der Waals surface area contributed by atoms with E-state index < -0.39 is 18.1 Å². The molecule has 3 atom stereocenters. The number of carboxylic acid groups (broad SMARTS) is 1. The van der Waals surface area contributed by atoms with Crippen LogP contribution in [0.5, 0.6) is 0 Å². The number of aliphatic carboxylic acids is 1. The van der Waals surface area contributed by atoms with E-state index in [-0.39, 0.29) is 36.8 Å².